The maximum atomic E-state index is 13.6. The molecule has 35 heavy (non-hydrogen) atoms. The predicted molar refractivity (Wildman–Crippen MR) is 126 cm³/mol. The Morgan fingerprint density at radius 1 is 1.23 bits per heavy atom. The lowest BCUT2D eigenvalue weighted by molar-refractivity contribution is -0.174. The number of aliphatic carboxylic acids is 2. The largest absolute Gasteiger partial charge is 0.481 e. The maximum absolute atomic E-state index is 13.6. The lowest BCUT2D eigenvalue weighted by atomic mass is 9.72. The van der Waals surface area contributed by atoms with Crippen molar-refractivity contribution in [3.8, 4) is 0 Å². The maximum Gasteiger partial charge on any atom is 0.411 e. The number of hydrogen-bond donors (Lipinski definition) is 2. The Morgan fingerprint density at radius 3 is 2.57 bits per heavy atom. The highest BCUT2D eigenvalue weighted by atomic mass is 35.5. The second-order valence-electron chi connectivity index (χ2n) is 8.67. The van der Waals surface area contributed by atoms with Crippen LogP contribution >= 0.6 is 11.6 Å². The number of rotatable bonds is 9. The third kappa shape index (κ3) is 4.20. The molecule has 9 nitrogen and oxygen atoms in total. The van der Waals surface area contributed by atoms with Crippen LogP contribution in [-0.2, 0) is 19.1 Å². The first-order valence-corrected chi connectivity index (χ1v) is 11.5. The summed E-state index contributed by atoms with van der Waals surface area (Å²) in [6.45, 7) is 3.86. The van der Waals surface area contributed by atoms with E-state index >= 15 is 0 Å². The molecule has 2 aliphatic heterocycles. The number of carboxylic acid groups (broad SMARTS) is 2. The highest BCUT2D eigenvalue weighted by molar-refractivity contribution is 6.27. The molecule has 6 atom stereocenters. The highest BCUT2D eigenvalue weighted by Crippen LogP contribution is 2.48. The monoisotopic (exact) mass is 500 g/mol. The molecular formula is C25H25ClN2O7. The van der Waals surface area contributed by atoms with Crippen LogP contribution in [0.25, 0.3) is 0 Å². The van der Waals surface area contributed by atoms with Gasteiger partial charge in [0.05, 0.1) is 17.0 Å². The number of benzene rings is 1. The van der Waals surface area contributed by atoms with Crippen molar-refractivity contribution < 1.29 is 34.1 Å². The van der Waals surface area contributed by atoms with Crippen molar-refractivity contribution in [3.05, 3.63) is 72.9 Å². The van der Waals surface area contributed by atoms with Crippen LogP contribution in [0.2, 0.25) is 0 Å². The van der Waals surface area contributed by atoms with Crippen LogP contribution in [-0.4, -0.2) is 73.6 Å². The molecule has 2 saturated heterocycles. The Kier molecular flexibility index (Phi) is 6.71. The number of nitrogens with zero attached hydrogens (tertiary/aromatic N) is 2. The molecule has 1 aliphatic carbocycles. The quantitative estimate of drug-likeness (QED) is 0.303. The molecule has 1 aromatic carbocycles. The second kappa shape index (κ2) is 9.58. The molecule has 2 heterocycles. The third-order valence-electron chi connectivity index (χ3n) is 6.75. The number of alkyl halides is 1. The van der Waals surface area contributed by atoms with Crippen LogP contribution in [0.5, 0.6) is 0 Å². The average Bonchev–Trinajstić information content (AvgIpc) is 3.20. The molecule has 2 N–H and O–H groups in total. The van der Waals surface area contributed by atoms with Crippen molar-refractivity contribution in [2.75, 3.05) is 6.61 Å². The van der Waals surface area contributed by atoms with Gasteiger partial charge in [-0.2, -0.15) is 0 Å². The highest BCUT2D eigenvalue weighted by Gasteiger charge is 2.65. The summed E-state index contributed by atoms with van der Waals surface area (Å²) >= 11 is 7.14. The summed E-state index contributed by atoms with van der Waals surface area (Å²) in [4.78, 5) is 50.9. The summed E-state index contributed by atoms with van der Waals surface area (Å²) in [6, 6.07) is 4.96. The van der Waals surface area contributed by atoms with Crippen molar-refractivity contribution in [3.63, 3.8) is 0 Å². The van der Waals surface area contributed by atoms with Gasteiger partial charge in [-0.05, 0) is 12.0 Å². The van der Waals surface area contributed by atoms with Crippen LogP contribution in [0, 0.1) is 5.92 Å². The van der Waals surface area contributed by atoms with E-state index in [9.17, 15) is 24.3 Å². The van der Waals surface area contributed by atoms with E-state index in [0.29, 0.717) is 0 Å². The number of hydrogen-bond acceptors (Lipinski definition) is 5. The van der Waals surface area contributed by atoms with Gasteiger partial charge in [-0.15, -0.1) is 18.2 Å². The molecular weight excluding hydrogens is 476 g/mol. The molecule has 0 bridgehead atoms. The van der Waals surface area contributed by atoms with E-state index < -0.39 is 65.3 Å². The molecule has 1 aromatic rings. The van der Waals surface area contributed by atoms with Crippen LogP contribution in [0.1, 0.15) is 24.4 Å². The minimum Gasteiger partial charge on any atom is -0.481 e. The molecule has 3 aliphatic rings. The van der Waals surface area contributed by atoms with Gasteiger partial charge in [0.1, 0.15) is 18.7 Å². The van der Waals surface area contributed by atoms with Crippen molar-refractivity contribution in [2.45, 2.75) is 41.9 Å². The molecule has 184 valence electrons. The predicted octanol–water partition coefficient (Wildman–Crippen LogP) is 2.98. The normalized spacial score (nSPS) is 30.5. The van der Waals surface area contributed by atoms with Gasteiger partial charge in [0.25, 0.3) is 0 Å². The summed E-state index contributed by atoms with van der Waals surface area (Å²) in [6.07, 6.45) is 7.02. The van der Waals surface area contributed by atoms with E-state index in [1.165, 1.54) is 4.90 Å². The third-order valence-corrected chi connectivity index (χ3v) is 7.35. The molecule has 0 aromatic heterocycles. The summed E-state index contributed by atoms with van der Waals surface area (Å²) in [5, 5.41) is 19.0. The Hall–Kier alpha value is -3.59. The number of cyclic esters (lactones) is 1. The number of carboxylic acids is 2. The van der Waals surface area contributed by atoms with E-state index in [4.69, 9.17) is 21.4 Å². The topological polar surface area (TPSA) is 124 Å². The van der Waals surface area contributed by atoms with Crippen molar-refractivity contribution >= 4 is 35.5 Å². The van der Waals surface area contributed by atoms with E-state index in [1.807, 2.05) is 18.2 Å². The Labute approximate surface area is 206 Å². The fraction of sp³-hybridized carbons (Fsp3) is 0.360. The molecule has 2 unspecified atom stereocenters. The Morgan fingerprint density at radius 2 is 1.94 bits per heavy atom. The van der Waals surface area contributed by atoms with Crippen LogP contribution in [0.3, 0.4) is 0 Å². The van der Waals surface area contributed by atoms with Gasteiger partial charge >= 0.3 is 18.0 Å². The van der Waals surface area contributed by atoms with Gasteiger partial charge in [-0.1, -0.05) is 60.7 Å². The standard InChI is InChI=1S/C25H25ClN2O7/c1-2-16-10-6-7-13-25(16,26)21-20(22(31)28(21)17(23(32)33)11-12-19(29)30)27-18(14-35-24(27)34)15-8-4-3-5-9-15/h2-10,13,16-18,20-21H,1,11-12,14H2,(H,29,30)(H,32,33)/t16?,17-,18+,20-,21+,25?/m0/s1. The number of ether oxygens (including phenoxy) is 1. The lowest BCUT2D eigenvalue weighted by Gasteiger charge is -2.58. The van der Waals surface area contributed by atoms with Crippen LogP contribution < -0.4 is 0 Å². The summed E-state index contributed by atoms with van der Waals surface area (Å²) in [5.74, 6) is -3.65. The molecule has 0 radical (unpaired) electrons. The fourth-order valence-electron chi connectivity index (χ4n) is 5.08. The van der Waals surface area contributed by atoms with E-state index in [0.717, 1.165) is 10.5 Å². The molecule has 0 saturated carbocycles. The van der Waals surface area contributed by atoms with Gasteiger partial charge in [0.15, 0.2) is 0 Å². The zero-order valence-corrected chi connectivity index (χ0v) is 19.5. The number of carbonyl (C=O) groups is 4. The van der Waals surface area contributed by atoms with Crippen LogP contribution in [0.4, 0.5) is 4.79 Å². The second-order valence-corrected chi connectivity index (χ2v) is 9.32. The van der Waals surface area contributed by atoms with Gasteiger partial charge in [0, 0.05) is 12.3 Å². The van der Waals surface area contributed by atoms with Crippen LogP contribution in [0.15, 0.2) is 67.3 Å². The first-order chi connectivity index (χ1) is 16.7. The van der Waals surface area contributed by atoms with E-state index in [2.05, 4.69) is 6.58 Å². The minimum atomic E-state index is -1.44. The first kappa shape index (κ1) is 24.5. The molecule has 2 amide bonds. The molecule has 2 fully saturated rings. The zero-order valence-electron chi connectivity index (χ0n) is 18.7. The lowest BCUT2D eigenvalue weighted by Crippen LogP contribution is -2.79. The zero-order chi connectivity index (χ0) is 25.3. The fourth-order valence-corrected chi connectivity index (χ4v) is 5.54. The SMILES string of the molecule is C=CC1C=CC=CC1(Cl)[C@H]1[C@H](N2C(=O)OC[C@@H]2c2ccccc2)C(=O)N1[C@@H](CCC(=O)O)C(=O)O. The summed E-state index contributed by atoms with van der Waals surface area (Å²) in [7, 11) is 0. The van der Waals surface area contributed by atoms with E-state index in [1.54, 1.807) is 42.5 Å². The van der Waals surface area contributed by atoms with Gasteiger partial charge in [-0.25, -0.2) is 9.59 Å². The summed E-state index contributed by atoms with van der Waals surface area (Å²) < 4.78 is 5.31. The van der Waals surface area contributed by atoms with Gasteiger partial charge in [0.2, 0.25) is 5.91 Å². The average molecular weight is 501 g/mol. The first-order valence-electron chi connectivity index (χ1n) is 11.1. The van der Waals surface area contributed by atoms with Gasteiger partial charge in [-0.3, -0.25) is 14.5 Å². The Balaban J connectivity index is 1.78. The molecule has 10 heteroatoms. The smallest absolute Gasteiger partial charge is 0.411 e. The number of amides is 2. The molecule has 0 spiro atoms. The van der Waals surface area contributed by atoms with E-state index in [-0.39, 0.29) is 13.0 Å². The molecule has 4 rings (SSSR count). The minimum absolute atomic E-state index is 0.0244. The summed E-state index contributed by atoms with van der Waals surface area (Å²) in [5.41, 5.74) is 0.756. The van der Waals surface area contributed by atoms with Crippen molar-refractivity contribution in [2.24, 2.45) is 5.92 Å². The van der Waals surface area contributed by atoms with Gasteiger partial charge < -0.3 is 19.8 Å². The number of halogens is 1. The number of carbonyl (C=O) groups excluding carboxylic acids is 2. The Bertz CT molecular complexity index is 1100. The van der Waals surface area contributed by atoms with Crippen molar-refractivity contribution in [1.29, 1.82) is 0 Å². The van der Waals surface area contributed by atoms with Crippen molar-refractivity contribution in [1.82, 2.24) is 9.80 Å². The number of β-lactam (4-membered cyclic amide) rings is 1. The number of likely N-dealkylation sites (tertiary alicyclic amines) is 1. The number of allylic oxidation sites excluding steroid dienone is 4.